The molecule has 8 heteroatoms. The molecular formula is C25H41N5O3. The molecule has 184 valence electrons. The summed E-state index contributed by atoms with van der Waals surface area (Å²) >= 11 is 0. The number of ether oxygens (including phenoxy) is 2. The molecule has 3 rings (SSSR count). The number of rotatable bonds is 8. The highest BCUT2D eigenvalue weighted by Gasteiger charge is 2.30. The molecule has 2 fully saturated rings. The molecule has 0 radical (unpaired) electrons. The van der Waals surface area contributed by atoms with Crippen LogP contribution in [0.5, 0.6) is 5.75 Å². The van der Waals surface area contributed by atoms with Gasteiger partial charge >= 0.3 is 6.09 Å². The largest absolute Gasteiger partial charge is 0.489 e. The van der Waals surface area contributed by atoms with Crippen molar-refractivity contribution in [3.05, 3.63) is 29.2 Å². The quantitative estimate of drug-likeness (QED) is 0.443. The Morgan fingerprint density at radius 3 is 2.58 bits per heavy atom. The van der Waals surface area contributed by atoms with Crippen LogP contribution in [-0.4, -0.2) is 53.3 Å². The van der Waals surface area contributed by atoms with Crippen LogP contribution in [0.2, 0.25) is 0 Å². The molecular weight excluding hydrogens is 418 g/mol. The number of pyridine rings is 1. The van der Waals surface area contributed by atoms with E-state index in [4.69, 9.17) is 21.1 Å². The Labute approximate surface area is 198 Å². The second-order valence-electron chi connectivity index (χ2n) is 9.80. The van der Waals surface area contributed by atoms with Crippen molar-refractivity contribution >= 4 is 11.8 Å². The van der Waals surface area contributed by atoms with Gasteiger partial charge in [-0.1, -0.05) is 20.3 Å². The Kier molecular flexibility index (Phi) is 8.83. The van der Waals surface area contributed by atoms with Gasteiger partial charge in [0.25, 0.3) is 0 Å². The van der Waals surface area contributed by atoms with Gasteiger partial charge in [0.05, 0.1) is 28.9 Å². The summed E-state index contributed by atoms with van der Waals surface area (Å²) in [5.41, 5.74) is 8.70. The van der Waals surface area contributed by atoms with Crippen LogP contribution < -0.4 is 16.3 Å². The summed E-state index contributed by atoms with van der Waals surface area (Å²) in [4.78, 5) is 19.2. The minimum atomic E-state index is -0.314. The predicted octanol–water partition coefficient (Wildman–Crippen LogP) is 4.18. The van der Waals surface area contributed by atoms with E-state index < -0.39 is 0 Å². The third-order valence-corrected chi connectivity index (χ3v) is 6.58. The van der Waals surface area contributed by atoms with Gasteiger partial charge in [-0.25, -0.2) is 15.6 Å². The maximum Gasteiger partial charge on any atom is 0.410 e. The van der Waals surface area contributed by atoms with E-state index in [1.165, 1.54) is 24.3 Å². The maximum atomic E-state index is 12.8. The molecule has 1 aliphatic heterocycles. The van der Waals surface area contributed by atoms with Crippen molar-refractivity contribution in [2.75, 3.05) is 20.2 Å². The minimum Gasteiger partial charge on any atom is -0.489 e. The van der Waals surface area contributed by atoms with Crippen LogP contribution in [-0.2, 0) is 4.74 Å². The fourth-order valence-electron chi connectivity index (χ4n) is 4.78. The van der Waals surface area contributed by atoms with Gasteiger partial charge in [0.15, 0.2) is 0 Å². The number of hydrazine groups is 1. The third-order valence-electron chi connectivity index (χ3n) is 6.58. The molecule has 8 nitrogen and oxygen atoms in total. The second kappa shape index (κ2) is 11.6. The average molecular weight is 460 g/mol. The molecule has 1 unspecified atom stereocenters. The molecule has 1 saturated heterocycles. The van der Waals surface area contributed by atoms with Gasteiger partial charge in [-0.05, 0) is 69.9 Å². The van der Waals surface area contributed by atoms with Crippen LogP contribution in [0.3, 0.4) is 0 Å². The fourth-order valence-corrected chi connectivity index (χ4v) is 4.78. The SMILES string of the molecule is Cc1nc(/C(N)=C(\COC(=O)N2CCCC2CC(C)C)N(C)N)ccc1OC1CCCCC1. The molecule has 1 atom stereocenters. The molecule has 1 saturated carbocycles. The van der Waals surface area contributed by atoms with Crippen molar-refractivity contribution in [3.8, 4) is 5.75 Å². The Balaban J connectivity index is 1.68. The summed E-state index contributed by atoms with van der Waals surface area (Å²) in [7, 11) is 1.68. The zero-order valence-electron chi connectivity index (χ0n) is 20.7. The first-order chi connectivity index (χ1) is 15.8. The van der Waals surface area contributed by atoms with Gasteiger partial charge < -0.3 is 25.1 Å². The summed E-state index contributed by atoms with van der Waals surface area (Å²) in [6.45, 7) is 6.99. The Morgan fingerprint density at radius 2 is 1.94 bits per heavy atom. The number of aromatic nitrogens is 1. The molecule has 4 N–H and O–H groups in total. The molecule has 0 bridgehead atoms. The number of carbonyl (C=O) groups excluding carboxylic acids is 1. The van der Waals surface area contributed by atoms with Crippen molar-refractivity contribution in [3.63, 3.8) is 0 Å². The highest BCUT2D eigenvalue weighted by Crippen LogP contribution is 2.27. The maximum absolute atomic E-state index is 12.8. The van der Waals surface area contributed by atoms with Gasteiger partial charge in [-0.3, -0.25) is 0 Å². The van der Waals surface area contributed by atoms with E-state index in [2.05, 4.69) is 18.8 Å². The van der Waals surface area contributed by atoms with Crippen molar-refractivity contribution in [2.24, 2.45) is 17.5 Å². The number of nitrogens with two attached hydrogens (primary N) is 2. The molecule has 0 spiro atoms. The van der Waals surface area contributed by atoms with Gasteiger partial charge in [-0.2, -0.15) is 0 Å². The lowest BCUT2D eigenvalue weighted by Gasteiger charge is -2.26. The van der Waals surface area contributed by atoms with Crippen LogP contribution in [0.25, 0.3) is 5.70 Å². The average Bonchev–Trinajstić information content (AvgIpc) is 3.23. The summed E-state index contributed by atoms with van der Waals surface area (Å²) in [5.74, 6) is 7.36. The van der Waals surface area contributed by atoms with E-state index >= 15 is 0 Å². The van der Waals surface area contributed by atoms with Gasteiger partial charge in [0.1, 0.15) is 12.4 Å². The summed E-state index contributed by atoms with van der Waals surface area (Å²) in [6, 6.07) is 3.99. The molecule has 2 heterocycles. The van der Waals surface area contributed by atoms with E-state index in [0.29, 0.717) is 23.0 Å². The number of likely N-dealkylation sites (tertiary alicyclic amines) is 1. The number of amides is 1. The van der Waals surface area contributed by atoms with Gasteiger partial charge in [0, 0.05) is 19.6 Å². The van der Waals surface area contributed by atoms with Crippen molar-refractivity contribution < 1.29 is 14.3 Å². The first-order valence-corrected chi connectivity index (χ1v) is 12.3. The molecule has 33 heavy (non-hydrogen) atoms. The van der Waals surface area contributed by atoms with Crippen molar-refractivity contribution in [1.82, 2.24) is 14.9 Å². The van der Waals surface area contributed by atoms with E-state index in [1.807, 2.05) is 24.0 Å². The molecule has 2 aliphatic rings. The molecule has 1 aliphatic carbocycles. The summed E-state index contributed by atoms with van der Waals surface area (Å²) in [6.07, 6.45) is 8.84. The molecule has 1 amide bonds. The Hall–Kier alpha value is -2.48. The minimum absolute atomic E-state index is 0.0103. The van der Waals surface area contributed by atoms with E-state index in [0.717, 1.165) is 50.1 Å². The van der Waals surface area contributed by atoms with E-state index in [9.17, 15) is 4.79 Å². The Morgan fingerprint density at radius 1 is 1.21 bits per heavy atom. The predicted molar refractivity (Wildman–Crippen MR) is 130 cm³/mol. The van der Waals surface area contributed by atoms with Crippen LogP contribution in [0.4, 0.5) is 4.79 Å². The van der Waals surface area contributed by atoms with Gasteiger partial charge in [-0.15, -0.1) is 0 Å². The van der Waals surface area contributed by atoms with Crippen LogP contribution >= 0.6 is 0 Å². The topological polar surface area (TPSA) is 107 Å². The van der Waals surface area contributed by atoms with Crippen molar-refractivity contribution in [2.45, 2.75) is 84.3 Å². The monoisotopic (exact) mass is 459 g/mol. The highest BCUT2D eigenvalue weighted by molar-refractivity contribution is 5.69. The number of carbonyl (C=O) groups is 1. The fraction of sp³-hybridized carbons (Fsp3) is 0.680. The normalized spacial score (nSPS) is 20.1. The number of hydrogen-bond acceptors (Lipinski definition) is 7. The second-order valence-corrected chi connectivity index (χ2v) is 9.80. The first-order valence-electron chi connectivity index (χ1n) is 12.3. The Bertz CT molecular complexity index is 833. The van der Waals surface area contributed by atoms with Crippen LogP contribution in [0.15, 0.2) is 17.8 Å². The van der Waals surface area contributed by atoms with Crippen LogP contribution in [0.1, 0.15) is 76.6 Å². The number of aryl methyl sites for hydroxylation is 1. The summed E-state index contributed by atoms with van der Waals surface area (Å²) in [5, 5.41) is 1.39. The molecule has 1 aromatic rings. The van der Waals surface area contributed by atoms with Crippen molar-refractivity contribution in [1.29, 1.82) is 0 Å². The van der Waals surface area contributed by atoms with E-state index in [1.54, 1.807) is 7.05 Å². The lowest BCUT2D eigenvalue weighted by atomic mass is 9.98. The first kappa shape index (κ1) is 25.1. The third kappa shape index (κ3) is 6.76. The number of hydrogen-bond donors (Lipinski definition) is 2. The lowest BCUT2D eigenvalue weighted by Crippen LogP contribution is -2.38. The van der Waals surface area contributed by atoms with Crippen LogP contribution in [0, 0.1) is 12.8 Å². The van der Waals surface area contributed by atoms with E-state index in [-0.39, 0.29) is 24.8 Å². The standard InChI is InChI=1S/C25H41N5O3/c1-17(2)15-19-9-8-14-30(19)25(31)32-16-22(29(4)27)24(26)21-12-13-23(18(3)28-21)33-20-10-6-5-7-11-20/h12-13,17,19-20H,5-11,14-16,26-27H2,1-4H3/b24-22-. The lowest BCUT2D eigenvalue weighted by molar-refractivity contribution is 0.0969. The highest BCUT2D eigenvalue weighted by atomic mass is 16.6. The summed E-state index contributed by atoms with van der Waals surface area (Å²) < 4.78 is 11.8. The number of nitrogens with zero attached hydrogens (tertiary/aromatic N) is 3. The smallest absolute Gasteiger partial charge is 0.410 e. The van der Waals surface area contributed by atoms with Gasteiger partial charge in [0.2, 0.25) is 0 Å². The zero-order valence-corrected chi connectivity index (χ0v) is 20.7. The molecule has 1 aromatic heterocycles. The number of likely N-dealkylation sites (N-methyl/N-ethyl adjacent to an activating group) is 1. The zero-order chi connectivity index (χ0) is 24.0. The molecule has 0 aromatic carbocycles.